The average Bonchev–Trinajstić information content (AvgIpc) is 2.88. The Bertz CT molecular complexity index is 662. The molecule has 1 heterocycles. The first kappa shape index (κ1) is 16.2. The van der Waals surface area contributed by atoms with Gasteiger partial charge < -0.3 is 9.47 Å². The molecule has 0 aliphatic rings. The van der Waals surface area contributed by atoms with Crippen LogP contribution < -0.4 is 0 Å². The summed E-state index contributed by atoms with van der Waals surface area (Å²) in [6.45, 7) is 5.44. The number of ether oxygens (including phenoxy) is 2. The van der Waals surface area contributed by atoms with Crippen molar-refractivity contribution in [2.24, 2.45) is 0 Å². The van der Waals surface area contributed by atoms with Crippen LogP contribution in [0.2, 0.25) is 0 Å². The summed E-state index contributed by atoms with van der Waals surface area (Å²) >= 11 is 0. The quantitative estimate of drug-likeness (QED) is 0.608. The fourth-order valence-corrected chi connectivity index (χ4v) is 2.58. The minimum atomic E-state index is -0.317. The standard InChI is InChI=1S/C17H22N2O3/c1-12-11-18-19(9-6-10-21-3)16(12)14-7-5-8-15(13(14)2)17(20)22-4/h5,7-8,11H,6,9-10H2,1-4H3. The number of aryl methyl sites for hydroxylation is 2. The highest BCUT2D eigenvalue weighted by Crippen LogP contribution is 2.29. The van der Waals surface area contributed by atoms with Crippen molar-refractivity contribution in [1.82, 2.24) is 9.78 Å². The van der Waals surface area contributed by atoms with Crippen molar-refractivity contribution < 1.29 is 14.3 Å². The Labute approximate surface area is 130 Å². The molecule has 0 unspecified atom stereocenters. The van der Waals surface area contributed by atoms with Gasteiger partial charge in [0, 0.05) is 25.8 Å². The van der Waals surface area contributed by atoms with E-state index in [-0.39, 0.29) is 5.97 Å². The van der Waals surface area contributed by atoms with Gasteiger partial charge in [0.05, 0.1) is 24.6 Å². The molecule has 2 rings (SSSR count). The molecule has 1 aromatic carbocycles. The fourth-order valence-electron chi connectivity index (χ4n) is 2.58. The lowest BCUT2D eigenvalue weighted by molar-refractivity contribution is 0.0600. The molecule has 0 aliphatic heterocycles. The second-order valence-electron chi connectivity index (χ2n) is 5.22. The summed E-state index contributed by atoms with van der Waals surface area (Å²) in [5.41, 5.74) is 4.63. The van der Waals surface area contributed by atoms with Crippen molar-refractivity contribution in [3.8, 4) is 11.3 Å². The molecular weight excluding hydrogens is 280 g/mol. The van der Waals surface area contributed by atoms with Crippen LogP contribution in [-0.2, 0) is 16.0 Å². The molecule has 5 nitrogen and oxygen atoms in total. The predicted octanol–water partition coefficient (Wildman–Crippen LogP) is 2.99. The van der Waals surface area contributed by atoms with Crippen molar-refractivity contribution in [2.45, 2.75) is 26.8 Å². The lowest BCUT2D eigenvalue weighted by Crippen LogP contribution is -2.08. The zero-order valence-corrected chi connectivity index (χ0v) is 13.5. The van der Waals surface area contributed by atoms with E-state index in [1.54, 1.807) is 13.2 Å². The summed E-state index contributed by atoms with van der Waals surface area (Å²) in [4.78, 5) is 11.9. The van der Waals surface area contributed by atoms with Crippen LogP contribution in [0.4, 0.5) is 0 Å². The number of carbonyl (C=O) groups excluding carboxylic acids is 1. The molecule has 0 fully saturated rings. The maximum Gasteiger partial charge on any atom is 0.338 e. The molecule has 0 saturated carbocycles. The summed E-state index contributed by atoms with van der Waals surface area (Å²) in [7, 11) is 3.09. The third kappa shape index (κ3) is 3.20. The highest BCUT2D eigenvalue weighted by molar-refractivity contribution is 5.93. The summed E-state index contributed by atoms with van der Waals surface area (Å²) in [6.07, 6.45) is 2.74. The summed E-state index contributed by atoms with van der Waals surface area (Å²) in [6, 6.07) is 5.67. The van der Waals surface area contributed by atoms with Gasteiger partial charge in [-0.25, -0.2) is 4.79 Å². The van der Waals surface area contributed by atoms with Gasteiger partial charge in [0.25, 0.3) is 0 Å². The Kier molecular flexibility index (Phi) is 5.33. The van der Waals surface area contributed by atoms with Crippen molar-refractivity contribution in [3.05, 3.63) is 41.1 Å². The van der Waals surface area contributed by atoms with Crippen LogP contribution in [0.15, 0.2) is 24.4 Å². The number of aromatic nitrogens is 2. The summed E-state index contributed by atoms with van der Waals surface area (Å²) in [5.74, 6) is -0.317. The molecule has 0 radical (unpaired) electrons. The lowest BCUT2D eigenvalue weighted by atomic mass is 9.98. The van der Waals surface area contributed by atoms with Crippen LogP contribution in [0.5, 0.6) is 0 Å². The van der Waals surface area contributed by atoms with Gasteiger partial charge in [-0.3, -0.25) is 4.68 Å². The highest BCUT2D eigenvalue weighted by Gasteiger charge is 2.17. The van der Waals surface area contributed by atoms with Crippen molar-refractivity contribution in [3.63, 3.8) is 0 Å². The zero-order valence-electron chi connectivity index (χ0n) is 13.5. The largest absolute Gasteiger partial charge is 0.465 e. The Hall–Kier alpha value is -2.14. The minimum absolute atomic E-state index is 0.317. The third-order valence-electron chi connectivity index (χ3n) is 3.74. The van der Waals surface area contributed by atoms with E-state index in [1.807, 2.05) is 36.9 Å². The van der Waals surface area contributed by atoms with Crippen LogP contribution in [0.25, 0.3) is 11.3 Å². The molecule has 0 aliphatic carbocycles. The topological polar surface area (TPSA) is 53.4 Å². The van der Waals surface area contributed by atoms with Crippen LogP contribution in [0.1, 0.15) is 27.9 Å². The van der Waals surface area contributed by atoms with E-state index in [4.69, 9.17) is 9.47 Å². The molecule has 0 spiro atoms. The smallest absolute Gasteiger partial charge is 0.338 e. The maximum atomic E-state index is 11.9. The Morgan fingerprint density at radius 3 is 2.73 bits per heavy atom. The molecule has 0 atom stereocenters. The first-order valence-electron chi connectivity index (χ1n) is 7.29. The zero-order chi connectivity index (χ0) is 16.1. The Morgan fingerprint density at radius 2 is 2.05 bits per heavy atom. The van der Waals surface area contributed by atoms with E-state index in [9.17, 15) is 4.79 Å². The van der Waals surface area contributed by atoms with E-state index in [2.05, 4.69) is 5.10 Å². The minimum Gasteiger partial charge on any atom is -0.465 e. The van der Waals surface area contributed by atoms with Gasteiger partial charge in [-0.15, -0.1) is 0 Å². The first-order valence-corrected chi connectivity index (χ1v) is 7.29. The molecule has 0 bridgehead atoms. The number of benzene rings is 1. The molecule has 1 aromatic heterocycles. The lowest BCUT2D eigenvalue weighted by Gasteiger charge is -2.13. The van der Waals surface area contributed by atoms with E-state index in [1.165, 1.54) is 7.11 Å². The van der Waals surface area contributed by atoms with Crippen LogP contribution in [0.3, 0.4) is 0 Å². The summed E-state index contributed by atoms with van der Waals surface area (Å²) < 4.78 is 11.9. The van der Waals surface area contributed by atoms with Gasteiger partial charge in [0.15, 0.2) is 0 Å². The maximum absolute atomic E-state index is 11.9. The molecule has 0 amide bonds. The average molecular weight is 302 g/mol. The van der Waals surface area contributed by atoms with Crippen LogP contribution >= 0.6 is 0 Å². The molecule has 0 N–H and O–H groups in total. The van der Waals surface area contributed by atoms with Gasteiger partial charge in [-0.1, -0.05) is 12.1 Å². The van der Waals surface area contributed by atoms with E-state index < -0.39 is 0 Å². The monoisotopic (exact) mass is 302 g/mol. The normalized spacial score (nSPS) is 10.7. The first-order chi connectivity index (χ1) is 10.6. The molecule has 22 heavy (non-hydrogen) atoms. The summed E-state index contributed by atoms with van der Waals surface area (Å²) in [5, 5.41) is 4.44. The third-order valence-corrected chi connectivity index (χ3v) is 3.74. The van der Waals surface area contributed by atoms with Crippen molar-refractivity contribution in [2.75, 3.05) is 20.8 Å². The van der Waals surface area contributed by atoms with Crippen molar-refractivity contribution >= 4 is 5.97 Å². The highest BCUT2D eigenvalue weighted by atomic mass is 16.5. The number of rotatable bonds is 6. The molecular formula is C17H22N2O3. The SMILES string of the molecule is COCCCn1ncc(C)c1-c1cccc(C(=O)OC)c1C. The molecule has 2 aromatic rings. The fraction of sp³-hybridized carbons (Fsp3) is 0.412. The molecule has 0 saturated heterocycles. The number of carbonyl (C=O) groups is 1. The van der Waals surface area contributed by atoms with Gasteiger partial charge in [0.2, 0.25) is 0 Å². The van der Waals surface area contributed by atoms with Crippen molar-refractivity contribution in [1.29, 1.82) is 0 Å². The van der Waals surface area contributed by atoms with E-state index in [0.29, 0.717) is 12.2 Å². The number of nitrogens with zero attached hydrogens (tertiary/aromatic N) is 2. The predicted molar refractivity (Wildman–Crippen MR) is 85.0 cm³/mol. The Morgan fingerprint density at radius 1 is 1.27 bits per heavy atom. The second-order valence-corrected chi connectivity index (χ2v) is 5.22. The van der Waals surface area contributed by atoms with E-state index >= 15 is 0 Å². The van der Waals surface area contributed by atoms with Gasteiger partial charge in [0.1, 0.15) is 0 Å². The number of esters is 1. The van der Waals surface area contributed by atoms with Gasteiger partial charge in [-0.05, 0) is 37.5 Å². The molecule has 5 heteroatoms. The van der Waals surface area contributed by atoms with E-state index in [0.717, 1.165) is 35.3 Å². The number of hydrogen-bond donors (Lipinski definition) is 0. The van der Waals surface area contributed by atoms with Gasteiger partial charge >= 0.3 is 5.97 Å². The second kappa shape index (κ2) is 7.22. The number of methoxy groups -OCH3 is 2. The van der Waals surface area contributed by atoms with Gasteiger partial charge in [-0.2, -0.15) is 5.10 Å². The molecule has 118 valence electrons. The van der Waals surface area contributed by atoms with Crippen LogP contribution in [0, 0.1) is 13.8 Å². The van der Waals surface area contributed by atoms with Crippen LogP contribution in [-0.4, -0.2) is 36.6 Å². The number of hydrogen-bond acceptors (Lipinski definition) is 4. The Balaban J connectivity index is 2.44.